The molecule has 106 valence electrons. The first kappa shape index (κ1) is 14.3. The first-order valence-corrected chi connectivity index (χ1v) is 6.86. The van der Waals surface area contributed by atoms with Crippen LogP contribution in [0.3, 0.4) is 0 Å². The van der Waals surface area contributed by atoms with E-state index in [1.165, 1.54) is 18.9 Å². The summed E-state index contributed by atoms with van der Waals surface area (Å²) in [7, 11) is 0. The van der Waals surface area contributed by atoms with Crippen molar-refractivity contribution in [3.8, 4) is 6.07 Å². The van der Waals surface area contributed by atoms with Crippen LogP contribution in [0.15, 0.2) is 18.2 Å². The summed E-state index contributed by atoms with van der Waals surface area (Å²) in [5.74, 6) is 0. The predicted octanol–water partition coefficient (Wildman–Crippen LogP) is 3.85. The first-order chi connectivity index (χ1) is 9.41. The number of nitro benzene ring substituents is 1. The van der Waals surface area contributed by atoms with Crippen LogP contribution in [0.2, 0.25) is 0 Å². The molecule has 1 atom stereocenters. The molecule has 5 nitrogen and oxygen atoms in total. The maximum Gasteiger partial charge on any atom is 0.287 e. The van der Waals surface area contributed by atoms with Gasteiger partial charge in [-0.15, -0.1) is 0 Å². The molecule has 0 radical (unpaired) electrons. The summed E-state index contributed by atoms with van der Waals surface area (Å²) >= 11 is 0. The van der Waals surface area contributed by atoms with Gasteiger partial charge in [-0.05, 0) is 36.8 Å². The molecule has 0 heterocycles. The number of nitrogens with one attached hydrogen (secondary N) is 1. The molecule has 1 fully saturated rings. The van der Waals surface area contributed by atoms with Gasteiger partial charge in [-0.1, -0.05) is 20.3 Å². The Morgan fingerprint density at radius 3 is 2.85 bits per heavy atom. The first-order valence-electron chi connectivity index (χ1n) is 6.86. The molecule has 1 N–H and O–H groups in total. The van der Waals surface area contributed by atoms with Crippen LogP contribution in [0.1, 0.15) is 45.1 Å². The highest BCUT2D eigenvalue weighted by Crippen LogP contribution is 2.36. The number of benzene rings is 1. The second-order valence-electron chi connectivity index (χ2n) is 6.20. The van der Waals surface area contributed by atoms with Crippen molar-refractivity contribution in [3.05, 3.63) is 33.9 Å². The molecule has 0 aliphatic heterocycles. The molecule has 5 heteroatoms. The normalized spacial score (nSPS) is 20.9. The number of nitriles is 1. The molecular weight excluding hydrogens is 254 g/mol. The Bertz CT molecular complexity index is 561. The van der Waals surface area contributed by atoms with E-state index in [-0.39, 0.29) is 11.3 Å². The standard InChI is InChI=1S/C15H19N3O2/c1-15(2)7-3-4-13(9-15)17-12-5-6-14(18(19)20)11(8-12)10-16/h5-6,8,13,17H,3-4,7,9H2,1-2H3. The Hall–Kier alpha value is -2.09. The Labute approximate surface area is 118 Å². The highest BCUT2D eigenvalue weighted by atomic mass is 16.6. The van der Waals surface area contributed by atoms with Gasteiger partial charge in [0.15, 0.2) is 0 Å². The largest absolute Gasteiger partial charge is 0.382 e. The lowest BCUT2D eigenvalue weighted by Crippen LogP contribution is -2.31. The Morgan fingerprint density at radius 2 is 2.25 bits per heavy atom. The third kappa shape index (κ3) is 3.27. The summed E-state index contributed by atoms with van der Waals surface area (Å²) in [6.07, 6.45) is 4.59. The Morgan fingerprint density at radius 1 is 1.50 bits per heavy atom. The average Bonchev–Trinajstić information content (AvgIpc) is 2.37. The van der Waals surface area contributed by atoms with Gasteiger partial charge in [0.2, 0.25) is 0 Å². The van der Waals surface area contributed by atoms with Crippen LogP contribution in [0.25, 0.3) is 0 Å². The molecule has 0 saturated heterocycles. The smallest absolute Gasteiger partial charge is 0.287 e. The van der Waals surface area contributed by atoms with Crippen LogP contribution >= 0.6 is 0 Å². The van der Waals surface area contributed by atoms with Crippen LogP contribution in [0.4, 0.5) is 11.4 Å². The molecule has 1 aromatic carbocycles. The van der Waals surface area contributed by atoms with Crippen molar-refractivity contribution in [1.29, 1.82) is 5.26 Å². The van der Waals surface area contributed by atoms with E-state index in [2.05, 4.69) is 19.2 Å². The number of hydrogen-bond donors (Lipinski definition) is 1. The number of anilines is 1. The van der Waals surface area contributed by atoms with Gasteiger partial charge in [-0.2, -0.15) is 5.26 Å². The van der Waals surface area contributed by atoms with Crippen LogP contribution in [-0.4, -0.2) is 11.0 Å². The molecule has 1 aliphatic carbocycles. The molecule has 1 unspecified atom stereocenters. The average molecular weight is 273 g/mol. The summed E-state index contributed by atoms with van der Waals surface area (Å²) in [6.45, 7) is 4.52. The summed E-state index contributed by atoms with van der Waals surface area (Å²) in [5, 5.41) is 23.2. The summed E-state index contributed by atoms with van der Waals surface area (Å²) in [6, 6.07) is 6.90. The topological polar surface area (TPSA) is 79.0 Å². The van der Waals surface area contributed by atoms with Crippen molar-refractivity contribution in [3.63, 3.8) is 0 Å². The number of hydrogen-bond acceptors (Lipinski definition) is 4. The van der Waals surface area contributed by atoms with Crippen LogP contribution in [0, 0.1) is 26.9 Å². The third-order valence-electron chi connectivity index (χ3n) is 3.89. The zero-order valence-electron chi connectivity index (χ0n) is 11.8. The Balaban J connectivity index is 2.14. The van der Waals surface area contributed by atoms with Gasteiger partial charge in [0, 0.05) is 17.8 Å². The summed E-state index contributed by atoms with van der Waals surface area (Å²) in [4.78, 5) is 10.3. The number of rotatable bonds is 3. The van der Waals surface area contributed by atoms with E-state index in [1.807, 2.05) is 6.07 Å². The second kappa shape index (κ2) is 5.49. The van der Waals surface area contributed by atoms with Crippen molar-refractivity contribution in [1.82, 2.24) is 0 Å². The zero-order valence-corrected chi connectivity index (χ0v) is 11.8. The Kier molecular flexibility index (Phi) is 3.93. The van der Waals surface area contributed by atoms with Crippen molar-refractivity contribution < 1.29 is 4.92 Å². The molecule has 1 saturated carbocycles. The van der Waals surface area contributed by atoms with E-state index >= 15 is 0 Å². The van der Waals surface area contributed by atoms with Gasteiger partial charge in [0.25, 0.3) is 5.69 Å². The maximum absolute atomic E-state index is 10.8. The molecule has 0 amide bonds. The van der Waals surface area contributed by atoms with E-state index in [4.69, 9.17) is 5.26 Å². The molecule has 1 aliphatic rings. The van der Waals surface area contributed by atoms with Gasteiger partial charge < -0.3 is 5.32 Å². The van der Waals surface area contributed by atoms with Crippen molar-refractivity contribution in [2.24, 2.45) is 5.41 Å². The number of nitro groups is 1. The van der Waals surface area contributed by atoms with Gasteiger partial charge in [0.05, 0.1) is 4.92 Å². The molecule has 0 spiro atoms. The zero-order chi connectivity index (χ0) is 14.8. The molecule has 0 bridgehead atoms. The van der Waals surface area contributed by atoms with Gasteiger partial charge in [-0.3, -0.25) is 10.1 Å². The minimum Gasteiger partial charge on any atom is -0.382 e. The molecule has 20 heavy (non-hydrogen) atoms. The highest BCUT2D eigenvalue weighted by Gasteiger charge is 2.28. The minimum absolute atomic E-state index is 0.107. The monoisotopic (exact) mass is 273 g/mol. The van der Waals surface area contributed by atoms with Crippen molar-refractivity contribution in [2.75, 3.05) is 5.32 Å². The molecular formula is C15H19N3O2. The molecule has 1 aromatic rings. The fourth-order valence-electron chi connectivity index (χ4n) is 2.93. The summed E-state index contributed by atoms with van der Waals surface area (Å²) < 4.78 is 0. The minimum atomic E-state index is -0.522. The molecule has 0 aromatic heterocycles. The molecule has 2 rings (SSSR count). The van der Waals surface area contributed by atoms with Crippen molar-refractivity contribution in [2.45, 2.75) is 45.6 Å². The third-order valence-corrected chi connectivity index (χ3v) is 3.89. The van der Waals surface area contributed by atoms with Crippen LogP contribution in [-0.2, 0) is 0 Å². The van der Waals surface area contributed by atoms with E-state index in [1.54, 1.807) is 12.1 Å². The fraction of sp³-hybridized carbons (Fsp3) is 0.533. The lowest BCUT2D eigenvalue weighted by atomic mass is 9.75. The van der Waals surface area contributed by atoms with Gasteiger partial charge in [-0.25, -0.2) is 0 Å². The highest BCUT2D eigenvalue weighted by molar-refractivity contribution is 5.59. The second-order valence-corrected chi connectivity index (χ2v) is 6.20. The van der Waals surface area contributed by atoms with Crippen molar-refractivity contribution >= 4 is 11.4 Å². The van der Waals surface area contributed by atoms with Crippen LogP contribution in [0.5, 0.6) is 0 Å². The van der Waals surface area contributed by atoms with Gasteiger partial charge in [0.1, 0.15) is 11.6 Å². The van der Waals surface area contributed by atoms with E-state index in [0.29, 0.717) is 11.5 Å². The SMILES string of the molecule is CC1(C)CCCC(Nc2ccc([N+](=O)[O-])c(C#N)c2)C1. The van der Waals surface area contributed by atoms with E-state index in [0.717, 1.165) is 18.5 Å². The predicted molar refractivity (Wildman–Crippen MR) is 77.5 cm³/mol. The van der Waals surface area contributed by atoms with Gasteiger partial charge >= 0.3 is 0 Å². The lowest BCUT2D eigenvalue weighted by molar-refractivity contribution is -0.385. The van der Waals surface area contributed by atoms with E-state index < -0.39 is 4.92 Å². The fourth-order valence-corrected chi connectivity index (χ4v) is 2.93. The lowest BCUT2D eigenvalue weighted by Gasteiger charge is -2.36. The summed E-state index contributed by atoms with van der Waals surface area (Å²) in [5.41, 5.74) is 1.08. The quantitative estimate of drug-likeness (QED) is 0.670. The van der Waals surface area contributed by atoms with E-state index in [9.17, 15) is 10.1 Å². The maximum atomic E-state index is 10.8. The number of nitrogens with zero attached hydrogens (tertiary/aromatic N) is 2. The van der Waals surface area contributed by atoms with Crippen LogP contribution < -0.4 is 5.32 Å².